The molecule has 0 atom stereocenters. The number of anilines is 1. The summed E-state index contributed by atoms with van der Waals surface area (Å²) in [6.45, 7) is 5.16. The molecule has 2 heteroatoms. The molecule has 0 aliphatic carbocycles. The van der Waals surface area contributed by atoms with Crippen molar-refractivity contribution >= 4 is 17.0 Å². The van der Waals surface area contributed by atoms with Crippen LogP contribution in [0, 0.1) is 0 Å². The maximum Gasteiger partial charge on any atom is 0.159 e. The summed E-state index contributed by atoms with van der Waals surface area (Å²) >= 11 is 0. The molecule has 1 aromatic rings. The molecule has 0 saturated heterocycles. The van der Waals surface area contributed by atoms with E-state index in [1.54, 1.807) is 24.3 Å². The Kier molecular flexibility index (Phi) is 2.29. The monoisotopic (exact) mass is 161 g/mol. The van der Waals surface area contributed by atoms with E-state index in [9.17, 15) is 4.79 Å². The van der Waals surface area contributed by atoms with Gasteiger partial charge in [0.2, 0.25) is 0 Å². The first-order chi connectivity index (χ1) is 5.61. The molecule has 2 nitrogen and oxygen atoms in total. The molecule has 2 N–H and O–H groups in total. The third-order valence-corrected chi connectivity index (χ3v) is 1.68. The van der Waals surface area contributed by atoms with Gasteiger partial charge in [0.25, 0.3) is 0 Å². The molecule has 1 aromatic carbocycles. The first-order valence-electron chi connectivity index (χ1n) is 3.67. The Morgan fingerprint density at radius 1 is 1.33 bits per heavy atom. The van der Waals surface area contributed by atoms with Gasteiger partial charge in [-0.15, -0.1) is 0 Å². The first kappa shape index (κ1) is 8.53. The van der Waals surface area contributed by atoms with E-state index in [1.165, 1.54) is 6.92 Å². The number of Topliss-reactive ketones (excluding diaryl/α,β-unsaturated/α-hetero) is 1. The average Bonchev–Trinajstić information content (AvgIpc) is 2.04. The third kappa shape index (κ3) is 1.72. The maximum atomic E-state index is 10.9. The Morgan fingerprint density at radius 2 is 1.83 bits per heavy atom. The minimum atomic E-state index is -0.0141. The summed E-state index contributed by atoms with van der Waals surface area (Å²) in [6.07, 6.45) is 0. The lowest BCUT2D eigenvalue weighted by atomic mass is 10.0. The number of rotatable bonds is 2. The summed E-state index contributed by atoms with van der Waals surface area (Å²) in [7, 11) is 0. The predicted molar refractivity (Wildman–Crippen MR) is 50.6 cm³/mol. The fraction of sp³-hybridized carbons (Fsp3) is 0.100. The van der Waals surface area contributed by atoms with Crippen LogP contribution >= 0.6 is 0 Å². The molecular weight excluding hydrogens is 150 g/mol. The second-order valence-corrected chi connectivity index (χ2v) is 2.66. The molecule has 0 aromatic heterocycles. The Hall–Kier alpha value is -1.57. The molecular formula is C10H11NO. The standard InChI is InChI=1S/C10H11NO/c1-7(8(2)12)9-3-5-10(11)6-4-9/h3-6H,1,11H2,2H3. The van der Waals surface area contributed by atoms with E-state index in [-0.39, 0.29) is 5.78 Å². The lowest BCUT2D eigenvalue weighted by molar-refractivity contribution is -0.111. The number of carbonyl (C=O) groups is 1. The minimum absolute atomic E-state index is 0.0141. The van der Waals surface area contributed by atoms with Gasteiger partial charge in [-0.3, -0.25) is 4.79 Å². The normalized spacial score (nSPS) is 9.42. The van der Waals surface area contributed by atoms with Crippen LogP contribution in [-0.4, -0.2) is 5.78 Å². The highest BCUT2D eigenvalue weighted by Crippen LogP contribution is 2.14. The summed E-state index contributed by atoms with van der Waals surface area (Å²) in [5.74, 6) is -0.0141. The predicted octanol–water partition coefficient (Wildman–Crippen LogP) is 1.87. The van der Waals surface area contributed by atoms with Crippen molar-refractivity contribution in [1.29, 1.82) is 0 Å². The lowest BCUT2D eigenvalue weighted by Crippen LogP contribution is -1.94. The van der Waals surface area contributed by atoms with Crippen molar-refractivity contribution < 1.29 is 4.79 Å². The van der Waals surface area contributed by atoms with Crippen LogP contribution in [0.15, 0.2) is 30.8 Å². The van der Waals surface area contributed by atoms with E-state index in [1.807, 2.05) is 0 Å². The van der Waals surface area contributed by atoms with Crippen LogP contribution < -0.4 is 5.73 Å². The zero-order chi connectivity index (χ0) is 9.14. The van der Waals surface area contributed by atoms with Gasteiger partial charge >= 0.3 is 0 Å². The van der Waals surface area contributed by atoms with Crippen molar-refractivity contribution in [2.75, 3.05) is 5.73 Å². The number of carbonyl (C=O) groups excluding carboxylic acids is 1. The van der Waals surface area contributed by atoms with Gasteiger partial charge in [-0.25, -0.2) is 0 Å². The molecule has 0 amide bonds. The summed E-state index contributed by atoms with van der Waals surface area (Å²) in [5.41, 5.74) is 7.53. The molecule has 62 valence electrons. The smallest absolute Gasteiger partial charge is 0.159 e. The summed E-state index contributed by atoms with van der Waals surface area (Å²) in [5, 5.41) is 0. The van der Waals surface area contributed by atoms with Crippen molar-refractivity contribution in [2.45, 2.75) is 6.92 Å². The van der Waals surface area contributed by atoms with Crippen LogP contribution in [0.1, 0.15) is 12.5 Å². The quantitative estimate of drug-likeness (QED) is 0.531. The number of nitrogens with two attached hydrogens (primary N) is 1. The lowest BCUT2D eigenvalue weighted by Gasteiger charge is -2.00. The topological polar surface area (TPSA) is 43.1 Å². The van der Waals surface area contributed by atoms with Gasteiger partial charge in [0.1, 0.15) is 0 Å². The second-order valence-electron chi connectivity index (χ2n) is 2.66. The number of benzene rings is 1. The van der Waals surface area contributed by atoms with Gasteiger partial charge in [0, 0.05) is 11.3 Å². The molecule has 0 aliphatic heterocycles. The molecule has 0 bridgehead atoms. The Labute approximate surface area is 71.7 Å². The van der Waals surface area contributed by atoms with Crippen LogP contribution in [0.4, 0.5) is 5.69 Å². The van der Waals surface area contributed by atoms with Crippen LogP contribution in [0.25, 0.3) is 5.57 Å². The number of nitrogen functional groups attached to an aromatic ring is 1. The maximum absolute atomic E-state index is 10.9. The van der Waals surface area contributed by atoms with Crippen LogP contribution in [-0.2, 0) is 4.79 Å². The zero-order valence-corrected chi connectivity index (χ0v) is 7.00. The van der Waals surface area contributed by atoms with E-state index in [4.69, 9.17) is 5.73 Å². The van der Waals surface area contributed by atoms with Gasteiger partial charge < -0.3 is 5.73 Å². The molecule has 0 radical (unpaired) electrons. The third-order valence-electron chi connectivity index (χ3n) is 1.68. The SMILES string of the molecule is C=C(C(C)=O)c1ccc(N)cc1. The number of allylic oxidation sites excluding steroid dienone is 1. The van der Waals surface area contributed by atoms with Crippen molar-refractivity contribution in [3.63, 3.8) is 0 Å². The van der Waals surface area contributed by atoms with E-state index < -0.39 is 0 Å². The van der Waals surface area contributed by atoms with Gasteiger partial charge in [-0.2, -0.15) is 0 Å². The molecule has 1 rings (SSSR count). The molecule has 0 aliphatic rings. The second kappa shape index (κ2) is 3.22. The van der Waals surface area contributed by atoms with Crippen molar-refractivity contribution in [2.24, 2.45) is 0 Å². The first-order valence-corrected chi connectivity index (χ1v) is 3.67. The average molecular weight is 161 g/mol. The molecule has 0 unspecified atom stereocenters. The highest BCUT2D eigenvalue weighted by Gasteiger charge is 2.02. The largest absolute Gasteiger partial charge is 0.399 e. The summed E-state index contributed by atoms with van der Waals surface area (Å²) in [4.78, 5) is 10.9. The zero-order valence-electron chi connectivity index (χ0n) is 7.00. The van der Waals surface area contributed by atoms with Crippen LogP contribution in [0.3, 0.4) is 0 Å². The van der Waals surface area contributed by atoms with Crippen molar-refractivity contribution in [3.8, 4) is 0 Å². The van der Waals surface area contributed by atoms with Gasteiger partial charge in [-0.05, 0) is 24.6 Å². The van der Waals surface area contributed by atoms with Gasteiger partial charge in [-0.1, -0.05) is 18.7 Å². The fourth-order valence-corrected chi connectivity index (χ4v) is 0.888. The Bertz CT molecular complexity index is 311. The number of ketones is 1. The summed E-state index contributed by atoms with van der Waals surface area (Å²) < 4.78 is 0. The molecule has 0 saturated carbocycles. The Balaban J connectivity index is 2.98. The van der Waals surface area contributed by atoms with Crippen LogP contribution in [0.2, 0.25) is 0 Å². The molecule has 0 spiro atoms. The number of hydrogen-bond acceptors (Lipinski definition) is 2. The molecule has 0 fully saturated rings. The van der Waals surface area contributed by atoms with E-state index in [0.29, 0.717) is 11.3 Å². The van der Waals surface area contributed by atoms with Crippen LogP contribution in [0.5, 0.6) is 0 Å². The minimum Gasteiger partial charge on any atom is -0.399 e. The van der Waals surface area contributed by atoms with Crippen molar-refractivity contribution in [1.82, 2.24) is 0 Å². The highest BCUT2D eigenvalue weighted by atomic mass is 16.1. The highest BCUT2D eigenvalue weighted by molar-refractivity contribution is 6.18. The van der Waals surface area contributed by atoms with Gasteiger partial charge in [0.05, 0.1) is 0 Å². The van der Waals surface area contributed by atoms with Crippen molar-refractivity contribution in [3.05, 3.63) is 36.4 Å². The molecule has 0 heterocycles. The fourth-order valence-electron chi connectivity index (χ4n) is 0.888. The van der Waals surface area contributed by atoms with E-state index in [2.05, 4.69) is 6.58 Å². The number of hydrogen-bond donors (Lipinski definition) is 1. The van der Waals surface area contributed by atoms with E-state index >= 15 is 0 Å². The van der Waals surface area contributed by atoms with E-state index in [0.717, 1.165) is 5.56 Å². The molecule has 12 heavy (non-hydrogen) atoms. The summed E-state index contributed by atoms with van der Waals surface area (Å²) in [6, 6.07) is 7.09. The Morgan fingerprint density at radius 3 is 2.25 bits per heavy atom. The van der Waals surface area contributed by atoms with Gasteiger partial charge in [0.15, 0.2) is 5.78 Å².